The van der Waals surface area contributed by atoms with Gasteiger partial charge < -0.3 is 4.74 Å². The van der Waals surface area contributed by atoms with E-state index in [1.165, 1.54) is 18.3 Å². The van der Waals surface area contributed by atoms with Crippen molar-refractivity contribution in [1.29, 1.82) is 0 Å². The zero-order valence-electron chi connectivity index (χ0n) is 13.4. The number of hydrogen-bond donors (Lipinski definition) is 1. The minimum Gasteiger partial charge on any atom is -0.483 e. The van der Waals surface area contributed by atoms with E-state index in [-0.39, 0.29) is 24.2 Å². The number of hydrogen-bond acceptors (Lipinski definition) is 3. The van der Waals surface area contributed by atoms with E-state index in [9.17, 15) is 9.18 Å². The van der Waals surface area contributed by atoms with Crippen LogP contribution in [-0.4, -0.2) is 18.7 Å². The van der Waals surface area contributed by atoms with Crippen LogP contribution in [0.15, 0.2) is 52.0 Å². The molecule has 0 aromatic heterocycles. The van der Waals surface area contributed by atoms with E-state index >= 15 is 0 Å². The van der Waals surface area contributed by atoms with Crippen LogP contribution in [0.3, 0.4) is 0 Å². The third kappa shape index (κ3) is 5.45. The Morgan fingerprint density at radius 1 is 1.33 bits per heavy atom. The second-order valence-electron chi connectivity index (χ2n) is 5.47. The number of hydrazone groups is 1. The van der Waals surface area contributed by atoms with Gasteiger partial charge in [0.2, 0.25) is 0 Å². The Labute approximate surface area is 148 Å². The topological polar surface area (TPSA) is 50.7 Å². The van der Waals surface area contributed by atoms with E-state index in [0.717, 1.165) is 10.0 Å². The number of amides is 1. The molecule has 0 saturated carbocycles. The Balaban J connectivity index is 1.90. The Morgan fingerprint density at radius 2 is 2.12 bits per heavy atom. The van der Waals surface area contributed by atoms with E-state index in [4.69, 9.17) is 4.74 Å². The van der Waals surface area contributed by atoms with Gasteiger partial charge >= 0.3 is 0 Å². The van der Waals surface area contributed by atoms with Gasteiger partial charge in [-0.25, -0.2) is 9.82 Å². The van der Waals surface area contributed by atoms with Crippen LogP contribution >= 0.6 is 15.9 Å². The first-order valence-electron chi connectivity index (χ1n) is 7.45. The quantitative estimate of drug-likeness (QED) is 0.590. The smallest absolute Gasteiger partial charge is 0.277 e. The molecule has 0 heterocycles. The second-order valence-corrected chi connectivity index (χ2v) is 6.39. The lowest BCUT2D eigenvalue weighted by Crippen LogP contribution is -2.24. The zero-order valence-corrected chi connectivity index (χ0v) is 15.0. The summed E-state index contributed by atoms with van der Waals surface area (Å²) in [7, 11) is 0. The number of carbonyl (C=O) groups excluding carboxylic acids is 1. The van der Waals surface area contributed by atoms with Gasteiger partial charge in [-0.2, -0.15) is 5.10 Å². The lowest BCUT2D eigenvalue weighted by molar-refractivity contribution is -0.123. The molecule has 0 saturated heterocycles. The normalized spacial score (nSPS) is 11.0. The molecule has 0 atom stereocenters. The molecule has 0 bridgehead atoms. The van der Waals surface area contributed by atoms with Crippen molar-refractivity contribution in [3.8, 4) is 5.75 Å². The highest BCUT2D eigenvalue weighted by atomic mass is 79.9. The molecule has 2 aromatic rings. The summed E-state index contributed by atoms with van der Waals surface area (Å²) in [5, 5.41) is 3.79. The van der Waals surface area contributed by atoms with Crippen LogP contribution in [0.25, 0.3) is 0 Å². The van der Waals surface area contributed by atoms with Crippen molar-refractivity contribution in [2.75, 3.05) is 6.61 Å². The summed E-state index contributed by atoms with van der Waals surface area (Å²) in [6.07, 6.45) is 1.38. The van der Waals surface area contributed by atoms with Gasteiger partial charge in [0.25, 0.3) is 5.91 Å². The molecule has 2 rings (SSSR count). The summed E-state index contributed by atoms with van der Waals surface area (Å²) in [4.78, 5) is 11.8. The van der Waals surface area contributed by atoms with Crippen molar-refractivity contribution in [2.45, 2.75) is 19.8 Å². The number of nitrogens with one attached hydrogen (secondary N) is 1. The molecular weight excluding hydrogens is 375 g/mol. The summed E-state index contributed by atoms with van der Waals surface area (Å²) in [6, 6.07) is 11.6. The number of halogens is 2. The fourth-order valence-electron chi connectivity index (χ4n) is 2.04. The summed E-state index contributed by atoms with van der Waals surface area (Å²) in [5.74, 6) is 0.189. The van der Waals surface area contributed by atoms with Gasteiger partial charge in [-0.15, -0.1) is 0 Å². The van der Waals surface area contributed by atoms with Crippen molar-refractivity contribution in [1.82, 2.24) is 5.43 Å². The van der Waals surface area contributed by atoms with Gasteiger partial charge in [0, 0.05) is 4.47 Å². The molecule has 0 aliphatic rings. The Kier molecular flexibility index (Phi) is 6.49. The number of nitrogens with zero attached hydrogens (tertiary/aromatic N) is 1. The molecule has 24 heavy (non-hydrogen) atoms. The summed E-state index contributed by atoms with van der Waals surface area (Å²) in [6.45, 7) is 3.96. The van der Waals surface area contributed by atoms with E-state index in [0.29, 0.717) is 11.3 Å². The molecule has 4 nitrogen and oxygen atoms in total. The molecule has 126 valence electrons. The summed E-state index contributed by atoms with van der Waals surface area (Å²) in [5.41, 5.74) is 3.93. The van der Waals surface area contributed by atoms with Crippen LogP contribution in [0.1, 0.15) is 30.9 Å². The molecule has 2 aromatic carbocycles. The van der Waals surface area contributed by atoms with E-state index < -0.39 is 0 Å². The largest absolute Gasteiger partial charge is 0.483 e. The molecule has 6 heteroatoms. The molecule has 0 aliphatic carbocycles. The average Bonchev–Trinajstić information content (AvgIpc) is 2.53. The monoisotopic (exact) mass is 392 g/mol. The third-order valence-electron chi connectivity index (χ3n) is 3.20. The van der Waals surface area contributed by atoms with Gasteiger partial charge in [-0.05, 0) is 47.4 Å². The van der Waals surface area contributed by atoms with Crippen LogP contribution in [0.4, 0.5) is 4.39 Å². The highest BCUT2D eigenvalue weighted by Crippen LogP contribution is 2.29. The molecule has 0 aliphatic heterocycles. The number of carbonyl (C=O) groups is 1. The van der Waals surface area contributed by atoms with E-state index in [2.05, 4.69) is 40.3 Å². The summed E-state index contributed by atoms with van der Waals surface area (Å²) < 4.78 is 19.6. The minimum atomic E-state index is -0.389. The molecular formula is C18H18BrFN2O2. The van der Waals surface area contributed by atoms with Crippen molar-refractivity contribution in [2.24, 2.45) is 5.10 Å². The van der Waals surface area contributed by atoms with Gasteiger partial charge in [-0.3, -0.25) is 4.79 Å². The van der Waals surface area contributed by atoms with Crippen molar-refractivity contribution < 1.29 is 13.9 Å². The highest BCUT2D eigenvalue weighted by Gasteiger charge is 2.10. The van der Waals surface area contributed by atoms with Gasteiger partial charge in [0.15, 0.2) is 6.61 Å². The first-order chi connectivity index (χ1) is 11.5. The maximum Gasteiger partial charge on any atom is 0.277 e. The second kappa shape index (κ2) is 8.59. The molecule has 1 N–H and O–H groups in total. The molecule has 0 spiro atoms. The predicted molar refractivity (Wildman–Crippen MR) is 95.9 cm³/mol. The zero-order chi connectivity index (χ0) is 17.5. The van der Waals surface area contributed by atoms with Crippen molar-refractivity contribution >= 4 is 28.1 Å². The Bertz CT molecular complexity index is 748. The van der Waals surface area contributed by atoms with Crippen LogP contribution in [0, 0.1) is 5.82 Å². The van der Waals surface area contributed by atoms with Gasteiger partial charge in [0.1, 0.15) is 11.6 Å². The maximum absolute atomic E-state index is 13.0. The molecule has 0 fully saturated rings. The van der Waals surface area contributed by atoms with Crippen molar-refractivity contribution in [3.63, 3.8) is 0 Å². The fraction of sp³-hybridized carbons (Fsp3) is 0.222. The highest BCUT2D eigenvalue weighted by molar-refractivity contribution is 9.10. The lowest BCUT2D eigenvalue weighted by atomic mass is 10.0. The first-order valence-corrected chi connectivity index (χ1v) is 8.24. The third-order valence-corrected chi connectivity index (χ3v) is 3.70. The van der Waals surface area contributed by atoms with Crippen LogP contribution < -0.4 is 10.2 Å². The number of rotatable bonds is 6. The Morgan fingerprint density at radius 3 is 2.83 bits per heavy atom. The Hall–Kier alpha value is -2.21. The first kappa shape index (κ1) is 18.1. The molecule has 1 amide bonds. The fourth-order valence-corrected chi connectivity index (χ4v) is 2.42. The van der Waals surface area contributed by atoms with Crippen molar-refractivity contribution in [3.05, 3.63) is 63.9 Å². The van der Waals surface area contributed by atoms with Crippen LogP contribution in [0.5, 0.6) is 5.75 Å². The molecule has 0 radical (unpaired) electrons. The van der Waals surface area contributed by atoms with E-state index in [1.54, 1.807) is 12.1 Å². The SMILES string of the molecule is CC(C)c1cc(Br)ccc1OCC(=O)N/N=C/c1cccc(F)c1. The predicted octanol–water partition coefficient (Wildman–Crippen LogP) is 4.24. The van der Waals surface area contributed by atoms with Gasteiger partial charge in [0.05, 0.1) is 6.21 Å². The average molecular weight is 393 g/mol. The lowest BCUT2D eigenvalue weighted by Gasteiger charge is -2.13. The minimum absolute atomic E-state index is 0.151. The van der Waals surface area contributed by atoms with Crippen LogP contribution in [0.2, 0.25) is 0 Å². The number of benzene rings is 2. The maximum atomic E-state index is 13.0. The number of ether oxygens (including phenoxy) is 1. The van der Waals surface area contributed by atoms with Crippen LogP contribution in [-0.2, 0) is 4.79 Å². The standard InChI is InChI=1S/C18H18BrFN2O2/c1-12(2)16-9-14(19)6-7-17(16)24-11-18(23)22-21-10-13-4-3-5-15(20)8-13/h3-10,12H,11H2,1-2H3,(H,22,23)/b21-10+. The molecule has 0 unspecified atom stereocenters. The summed E-state index contributed by atoms with van der Waals surface area (Å²) >= 11 is 3.43. The van der Waals surface area contributed by atoms with E-state index in [1.807, 2.05) is 18.2 Å². The van der Waals surface area contributed by atoms with Gasteiger partial charge in [-0.1, -0.05) is 41.9 Å².